The van der Waals surface area contributed by atoms with Gasteiger partial charge in [-0.25, -0.2) is 15.0 Å². The number of aromatic nitrogens is 6. The number of benzene rings is 6. The van der Waals surface area contributed by atoms with E-state index in [1.165, 1.54) is 6.20 Å². The minimum atomic E-state index is -4.61. The van der Waals surface area contributed by atoms with Gasteiger partial charge in [0.2, 0.25) is 23.8 Å². The SMILES string of the molecule is CP(C)(=O)c1ccc(Nc2ncc(C(F)(F)F)c(Nc3cccc(Br)c3)n2)cc1.CP(C)(=O)c1ccccc1Nc1nc(Nc2ccc3c(c2)CC(=O)N3)ncc1Cl.Cc1cccc(Nc2nc(Nc3ccc(P(C)(C)=O)cc3)ncc2C(F)(F)F)c1. The Morgan fingerprint density at radius 2 is 0.966 bits per heavy atom. The van der Waals surface area contributed by atoms with Gasteiger partial charge in [0.15, 0.2) is 5.82 Å². The first kappa shape index (κ1) is 64.9. The van der Waals surface area contributed by atoms with E-state index in [0.717, 1.165) is 40.2 Å². The van der Waals surface area contributed by atoms with Crippen molar-refractivity contribution in [3.63, 3.8) is 0 Å². The maximum Gasteiger partial charge on any atom is 0.421 e. The van der Waals surface area contributed by atoms with Crippen molar-refractivity contribution < 1.29 is 44.8 Å². The maximum atomic E-state index is 13.4. The molecule has 28 heteroatoms. The summed E-state index contributed by atoms with van der Waals surface area (Å²) in [5, 5.41) is 22.8. The van der Waals surface area contributed by atoms with Crippen LogP contribution in [0.2, 0.25) is 5.02 Å². The summed E-state index contributed by atoms with van der Waals surface area (Å²) in [5.41, 5.74) is 4.23. The van der Waals surface area contributed by atoms with Crippen LogP contribution in [0.4, 0.5) is 101 Å². The smallest absolute Gasteiger partial charge is 0.340 e. The largest absolute Gasteiger partial charge is 0.421 e. The van der Waals surface area contributed by atoms with E-state index in [-0.39, 0.29) is 29.4 Å². The standard InChI is InChI=1S/C20H19ClN5O2P.C20H20F3N4OP.C19H17BrF3N4OP/c1-29(2,28)17-6-4-3-5-16(17)25-19-14(21)11-22-20(26-19)23-13-7-8-15-12(9-13)10-18(27)24-15;1-13-5-4-6-15(11-13)25-18-17(20(21,22)23)12-24-19(27-18)26-14-7-9-16(10-8-14)29(2,3)28;1-29(2,28)15-8-6-13(7-9-15)26-18-24-11-16(19(21,22)23)17(27-18)25-14-5-3-4-12(20)10-14/h3-9,11H,10H2,1-2H3,(H,24,27)(H2,22,23,25,26);4-12H,1-3H3,(H2,24,25,26,27);3-11H,1-2H3,(H2,24,25,26,27). The van der Waals surface area contributed by atoms with Crippen molar-refractivity contribution >= 4 is 146 Å². The van der Waals surface area contributed by atoms with Crippen LogP contribution in [-0.4, -0.2) is 75.8 Å². The average Bonchev–Trinajstić information content (AvgIpc) is 3.02. The predicted octanol–water partition coefficient (Wildman–Crippen LogP) is 15.9. The van der Waals surface area contributed by atoms with Crippen molar-refractivity contribution in [2.24, 2.45) is 0 Å². The number of aryl methyl sites for hydroxylation is 1. The van der Waals surface area contributed by atoms with Crippen molar-refractivity contribution in [2.75, 3.05) is 77.2 Å². The fourth-order valence-corrected chi connectivity index (χ4v) is 11.7. The maximum absolute atomic E-state index is 13.4. The second kappa shape index (κ2) is 26.9. The number of nitrogens with one attached hydrogen (secondary N) is 7. The molecule has 87 heavy (non-hydrogen) atoms. The van der Waals surface area contributed by atoms with E-state index in [4.69, 9.17) is 11.6 Å². The second-order valence-corrected chi connectivity index (χ2v) is 31.6. The first-order valence-corrected chi connectivity index (χ1v) is 35.1. The van der Waals surface area contributed by atoms with Gasteiger partial charge in [-0.15, -0.1) is 0 Å². The summed E-state index contributed by atoms with van der Waals surface area (Å²) in [6.07, 6.45) is -5.89. The second-order valence-electron chi connectivity index (χ2n) is 20.7. The highest BCUT2D eigenvalue weighted by Gasteiger charge is 2.37. The minimum absolute atomic E-state index is 0.000531. The number of amides is 1. The van der Waals surface area contributed by atoms with E-state index in [1.54, 1.807) is 131 Å². The van der Waals surface area contributed by atoms with Crippen LogP contribution >= 0.6 is 49.0 Å². The molecule has 4 heterocycles. The fraction of sp³-hybridized carbons (Fsp3) is 0.169. The van der Waals surface area contributed by atoms with Gasteiger partial charge in [0.05, 0.1) is 18.3 Å². The van der Waals surface area contributed by atoms with E-state index in [9.17, 15) is 44.8 Å². The highest BCUT2D eigenvalue weighted by Crippen LogP contribution is 2.41. The summed E-state index contributed by atoms with van der Waals surface area (Å²) >= 11 is 9.56. The number of anilines is 13. The predicted molar refractivity (Wildman–Crippen MR) is 341 cm³/mol. The van der Waals surface area contributed by atoms with Crippen molar-refractivity contribution in [1.82, 2.24) is 29.9 Å². The first-order valence-electron chi connectivity index (χ1n) is 26.1. The van der Waals surface area contributed by atoms with Gasteiger partial charge in [0, 0.05) is 66.9 Å². The summed E-state index contributed by atoms with van der Waals surface area (Å²) in [4.78, 5) is 35.8. The molecular weight excluding hydrogens is 1280 g/mol. The molecule has 9 aromatic rings. The number of rotatable bonds is 15. The Hall–Kier alpha value is -8.13. The number of fused-ring (bicyclic) bond motifs is 1. The number of hydrogen-bond donors (Lipinski definition) is 7. The lowest BCUT2D eigenvalue weighted by molar-refractivity contribution is -0.138. The van der Waals surface area contributed by atoms with Gasteiger partial charge in [0.25, 0.3) is 0 Å². The molecule has 1 aliphatic heterocycles. The number of nitrogens with zero attached hydrogens (tertiary/aromatic N) is 6. The Balaban J connectivity index is 0.000000169. The molecule has 0 spiro atoms. The van der Waals surface area contributed by atoms with Crippen LogP contribution in [-0.2, 0) is 37.3 Å². The third-order valence-electron chi connectivity index (χ3n) is 12.5. The Morgan fingerprint density at radius 1 is 0.506 bits per heavy atom. The Morgan fingerprint density at radius 3 is 1.46 bits per heavy atom. The summed E-state index contributed by atoms with van der Waals surface area (Å²) in [6.45, 7) is 11.9. The molecule has 0 unspecified atom stereocenters. The van der Waals surface area contributed by atoms with Crippen LogP contribution in [0.5, 0.6) is 0 Å². The van der Waals surface area contributed by atoms with E-state index < -0.39 is 44.9 Å². The molecule has 17 nitrogen and oxygen atoms in total. The van der Waals surface area contributed by atoms with Gasteiger partial charge in [-0.3, -0.25) is 4.79 Å². The number of para-hydroxylation sites is 1. The molecule has 6 aromatic carbocycles. The zero-order valence-corrected chi connectivity index (χ0v) is 52.4. The first-order chi connectivity index (χ1) is 40.8. The Labute approximate surface area is 510 Å². The molecule has 0 bridgehead atoms. The molecule has 1 amide bonds. The van der Waals surface area contributed by atoms with Gasteiger partial charge >= 0.3 is 12.4 Å². The minimum Gasteiger partial charge on any atom is -0.340 e. The van der Waals surface area contributed by atoms with Crippen molar-refractivity contribution in [2.45, 2.75) is 25.7 Å². The summed E-state index contributed by atoms with van der Waals surface area (Å²) < 4.78 is 118. The molecule has 0 saturated carbocycles. The van der Waals surface area contributed by atoms with Crippen LogP contribution in [0.15, 0.2) is 163 Å². The Bertz CT molecular complexity index is 3960. The lowest BCUT2D eigenvalue weighted by Gasteiger charge is -2.16. The number of carbonyl (C=O) groups excluding carboxylic acids is 1. The molecule has 7 N–H and O–H groups in total. The molecule has 0 radical (unpaired) electrons. The third kappa shape index (κ3) is 18.2. The molecule has 452 valence electrons. The molecule has 0 fully saturated rings. The topological polar surface area (TPSA) is 230 Å². The van der Waals surface area contributed by atoms with Crippen LogP contribution in [0.3, 0.4) is 0 Å². The van der Waals surface area contributed by atoms with Crippen molar-refractivity contribution in [3.8, 4) is 0 Å². The fourth-order valence-electron chi connectivity index (χ4n) is 8.25. The number of carbonyl (C=O) groups is 1. The lowest BCUT2D eigenvalue weighted by Crippen LogP contribution is -2.12. The van der Waals surface area contributed by atoms with Crippen LogP contribution in [0.1, 0.15) is 22.3 Å². The zero-order valence-electron chi connectivity index (χ0n) is 47.4. The number of alkyl halides is 6. The highest BCUT2D eigenvalue weighted by molar-refractivity contribution is 9.10. The van der Waals surface area contributed by atoms with E-state index in [2.05, 4.69) is 83.1 Å². The quantitative estimate of drug-likeness (QED) is 0.0374. The number of hydrogen-bond acceptors (Lipinski definition) is 16. The average molecular weight is 1330 g/mol. The van der Waals surface area contributed by atoms with Gasteiger partial charge in [-0.2, -0.15) is 41.3 Å². The van der Waals surface area contributed by atoms with Gasteiger partial charge < -0.3 is 50.9 Å². The summed E-state index contributed by atoms with van der Waals surface area (Å²) in [5.74, 6) is 0.0386. The molecule has 3 aromatic heterocycles. The molecular formula is C59H56BrClF6N13O4P3. The highest BCUT2D eigenvalue weighted by atomic mass is 79.9. The van der Waals surface area contributed by atoms with E-state index in [1.807, 2.05) is 55.5 Å². The molecule has 0 atom stereocenters. The molecule has 0 aliphatic carbocycles. The monoisotopic (exact) mass is 1330 g/mol. The van der Waals surface area contributed by atoms with Gasteiger partial charge in [-0.05, 0) is 167 Å². The molecule has 0 saturated heterocycles. The Kier molecular flexibility index (Phi) is 20.0. The van der Waals surface area contributed by atoms with Crippen LogP contribution in [0, 0.1) is 6.92 Å². The zero-order chi connectivity index (χ0) is 63.1. The van der Waals surface area contributed by atoms with Crippen molar-refractivity contribution in [1.29, 1.82) is 0 Å². The lowest BCUT2D eigenvalue weighted by atomic mass is 10.1. The van der Waals surface area contributed by atoms with E-state index >= 15 is 0 Å². The number of halogens is 8. The summed E-state index contributed by atoms with van der Waals surface area (Å²) in [6, 6.07) is 40.2. The summed E-state index contributed by atoms with van der Waals surface area (Å²) in [7, 11) is -7.27. The van der Waals surface area contributed by atoms with Crippen LogP contribution < -0.4 is 53.1 Å². The normalized spacial score (nSPS) is 12.3. The molecule has 10 rings (SSSR count). The van der Waals surface area contributed by atoms with Crippen molar-refractivity contribution in [3.05, 3.63) is 190 Å². The van der Waals surface area contributed by atoms with Crippen LogP contribution in [0.25, 0.3) is 0 Å². The third-order valence-corrected chi connectivity index (χ3v) is 17.9. The van der Waals surface area contributed by atoms with Gasteiger partial charge in [0.1, 0.15) is 49.2 Å². The van der Waals surface area contributed by atoms with E-state index in [0.29, 0.717) is 66.7 Å². The molecule has 1 aliphatic rings. The van der Waals surface area contributed by atoms with Gasteiger partial charge in [-0.1, -0.05) is 57.9 Å².